The maximum atomic E-state index is 11.9. The number of hydrogen-bond acceptors (Lipinski definition) is 5. The van der Waals surface area contributed by atoms with Crippen molar-refractivity contribution in [2.45, 2.75) is 6.42 Å². The molecule has 2 rings (SSSR count). The van der Waals surface area contributed by atoms with E-state index < -0.39 is 17.8 Å². The van der Waals surface area contributed by atoms with Crippen molar-refractivity contribution in [3.63, 3.8) is 0 Å². The van der Waals surface area contributed by atoms with Crippen LogP contribution in [0.15, 0.2) is 18.2 Å². The maximum absolute atomic E-state index is 11.9. The molecular formula is C14H16N2O5. The number of benzene rings is 1. The van der Waals surface area contributed by atoms with E-state index in [2.05, 4.69) is 4.74 Å². The number of amides is 2. The molecule has 1 aliphatic rings. The van der Waals surface area contributed by atoms with Crippen LogP contribution in [-0.4, -0.2) is 38.5 Å². The quantitative estimate of drug-likeness (QED) is 0.806. The van der Waals surface area contributed by atoms with Gasteiger partial charge in [0.15, 0.2) is 0 Å². The molecule has 1 heterocycles. The Morgan fingerprint density at radius 3 is 2.57 bits per heavy atom. The molecule has 0 spiro atoms. The van der Waals surface area contributed by atoms with E-state index >= 15 is 0 Å². The molecule has 0 aliphatic carbocycles. The zero-order valence-corrected chi connectivity index (χ0v) is 11.8. The highest BCUT2D eigenvalue weighted by Crippen LogP contribution is 2.30. The van der Waals surface area contributed by atoms with Gasteiger partial charge in [-0.15, -0.1) is 0 Å². The molecule has 0 saturated carbocycles. The summed E-state index contributed by atoms with van der Waals surface area (Å²) in [7, 11) is 2.70. The van der Waals surface area contributed by atoms with Crippen LogP contribution in [0.1, 0.15) is 16.8 Å². The lowest BCUT2D eigenvalue weighted by atomic mass is 10.1. The number of esters is 1. The van der Waals surface area contributed by atoms with E-state index in [1.165, 1.54) is 25.2 Å². The summed E-state index contributed by atoms with van der Waals surface area (Å²) in [5.41, 5.74) is 6.05. The Morgan fingerprint density at radius 2 is 2.05 bits per heavy atom. The summed E-state index contributed by atoms with van der Waals surface area (Å²) in [5, 5.41) is 0. The van der Waals surface area contributed by atoms with E-state index in [4.69, 9.17) is 10.5 Å². The fourth-order valence-corrected chi connectivity index (χ4v) is 2.27. The number of methoxy groups -OCH3 is 2. The second-order valence-corrected chi connectivity index (χ2v) is 4.68. The number of anilines is 1. The minimum Gasteiger partial charge on any atom is -0.496 e. The smallest absolute Gasteiger partial charge is 0.341 e. The van der Waals surface area contributed by atoms with Gasteiger partial charge >= 0.3 is 5.97 Å². The normalized spacial score (nSPS) is 17.7. The van der Waals surface area contributed by atoms with Gasteiger partial charge < -0.3 is 20.1 Å². The van der Waals surface area contributed by atoms with Crippen LogP contribution in [0.5, 0.6) is 5.75 Å². The summed E-state index contributed by atoms with van der Waals surface area (Å²) in [6.07, 6.45) is 0.0937. The lowest BCUT2D eigenvalue weighted by Crippen LogP contribution is -2.28. The largest absolute Gasteiger partial charge is 0.496 e. The molecule has 1 aliphatic heterocycles. The summed E-state index contributed by atoms with van der Waals surface area (Å²) < 4.78 is 9.80. The summed E-state index contributed by atoms with van der Waals surface area (Å²) in [5.74, 6) is -1.41. The molecule has 7 heteroatoms. The maximum Gasteiger partial charge on any atom is 0.341 e. The van der Waals surface area contributed by atoms with Gasteiger partial charge in [-0.05, 0) is 12.1 Å². The van der Waals surface area contributed by atoms with Gasteiger partial charge in [-0.25, -0.2) is 4.79 Å². The van der Waals surface area contributed by atoms with Crippen LogP contribution in [0.25, 0.3) is 0 Å². The predicted octanol–water partition coefficient (Wildman–Crippen LogP) is 0.320. The molecule has 0 bridgehead atoms. The van der Waals surface area contributed by atoms with Crippen LogP contribution < -0.4 is 15.4 Å². The molecule has 2 N–H and O–H groups in total. The molecule has 1 aromatic rings. The third kappa shape index (κ3) is 2.81. The number of hydrogen-bond donors (Lipinski definition) is 1. The molecule has 7 nitrogen and oxygen atoms in total. The highest BCUT2D eigenvalue weighted by molar-refractivity contribution is 6.01. The minimum absolute atomic E-state index is 0.0937. The van der Waals surface area contributed by atoms with Crippen molar-refractivity contribution in [1.82, 2.24) is 0 Å². The van der Waals surface area contributed by atoms with E-state index in [-0.39, 0.29) is 24.4 Å². The fraction of sp³-hybridized carbons (Fsp3) is 0.357. The number of nitrogens with zero attached hydrogens (tertiary/aromatic N) is 1. The number of ether oxygens (including phenoxy) is 2. The standard InChI is InChI=1S/C14H16N2O5/c1-20-11-6-9(3-4-10(11)14(19)21-2)16-7-8(13(15)18)5-12(16)17/h3-4,6,8H,5,7H2,1-2H3,(H2,15,18). The molecule has 0 aromatic heterocycles. The monoisotopic (exact) mass is 292 g/mol. The lowest BCUT2D eigenvalue weighted by Gasteiger charge is -2.18. The average Bonchev–Trinajstić information content (AvgIpc) is 2.88. The number of carbonyl (C=O) groups excluding carboxylic acids is 3. The van der Waals surface area contributed by atoms with Crippen LogP contribution in [0, 0.1) is 5.92 Å². The van der Waals surface area contributed by atoms with Crippen molar-refractivity contribution in [2.75, 3.05) is 25.7 Å². The van der Waals surface area contributed by atoms with Crippen molar-refractivity contribution in [1.29, 1.82) is 0 Å². The number of primary amides is 1. The predicted molar refractivity (Wildman–Crippen MR) is 74.0 cm³/mol. The van der Waals surface area contributed by atoms with Crippen molar-refractivity contribution in [3.8, 4) is 5.75 Å². The summed E-state index contributed by atoms with van der Waals surface area (Å²) >= 11 is 0. The Hall–Kier alpha value is -2.57. The van der Waals surface area contributed by atoms with Gasteiger partial charge in [0.25, 0.3) is 0 Å². The first kappa shape index (κ1) is 14.8. The van der Waals surface area contributed by atoms with Crippen molar-refractivity contribution >= 4 is 23.5 Å². The number of rotatable bonds is 4. The van der Waals surface area contributed by atoms with E-state index in [0.29, 0.717) is 11.4 Å². The molecule has 1 unspecified atom stereocenters. The van der Waals surface area contributed by atoms with Crippen LogP contribution in [0.4, 0.5) is 5.69 Å². The van der Waals surface area contributed by atoms with Crippen molar-refractivity contribution in [3.05, 3.63) is 23.8 Å². The second kappa shape index (κ2) is 5.82. The summed E-state index contributed by atoms with van der Waals surface area (Å²) in [4.78, 5) is 36.2. The van der Waals surface area contributed by atoms with Gasteiger partial charge in [0.05, 0.1) is 20.1 Å². The molecule has 0 radical (unpaired) electrons. The van der Waals surface area contributed by atoms with Gasteiger partial charge in [0.1, 0.15) is 11.3 Å². The minimum atomic E-state index is -0.527. The van der Waals surface area contributed by atoms with E-state index in [0.717, 1.165) is 0 Å². The first-order valence-electron chi connectivity index (χ1n) is 6.34. The molecule has 112 valence electrons. The lowest BCUT2D eigenvalue weighted by molar-refractivity contribution is -0.123. The van der Waals surface area contributed by atoms with Crippen molar-refractivity contribution < 1.29 is 23.9 Å². The zero-order chi connectivity index (χ0) is 15.6. The highest BCUT2D eigenvalue weighted by Gasteiger charge is 2.34. The van der Waals surface area contributed by atoms with E-state index in [1.54, 1.807) is 12.1 Å². The zero-order valence-electron chi connectivity index (χ0n) is 11.8. The Balaban J connectivity index is 2.31. The molecular weight excluding hydrogens is 276 g/mol. The Bertz CT molecular complexity index is 599. The van der Waals surface area contributed by atoms with Crippen molar-refractivity contribution in [2.24, 2.45) is 11.7 Å². The van der Waals surface area contributed by atoms with E-state index in [1.807, 2.05) is 0 Å². The summed E-state index contributed by atoms with van der Waals surface area (Å²) in [6.45, 7) is 0.231. The van der Waals surface area contributed by atoms with Gasteiger partial charge in [-0.3, -0.25) is 9.59 Å². The Labute approximate surface area is 121 Å². The number of nitrogens with two attached hydrogens (primary N) is 1. The molecule has 2 amide bonds. The second-order valence-electron chi connectivity index (χ2n) is 4.68. The molecule has 1 saturated heterocycles. The van der Waals surface area contributed by atoms with Crippen LogP contribution in [0.3, 0.4) is 0 Å². The molecule has 21 heavy (non-hydrogen) atoms. The van der Waals surface area contributed by atoms with Gasteiger partial charge in [-0.1, -0.05) is 0 Å². The van der Waals surface area contributed by atoms with Gasteiger partial charge in [0, 0.05) is 24.7 Å². The highest BCUT2D eigenvalue weighted by atomic mass is 16.5. The van der Waals surface area contributed by atoms with E-state index in [9.17, 15) is 14.4 Å². The first-order valence-corrected chi connectivity index (χ1v) is 6.34. The third-order valence-corrected chi connectivity index (χ3v) is 3.43. The molecule has 1 atom stereocenters. The Kier molecular flexibility index (Phi) is 4.11. The van der Waals surface area contributed by atoms with Gasteiger partial charge in [0.2, 0.25) is 11.8 Å². The Morgan fingerprint density at radius 1 is 1.33 bits per heavy atom. The first-order chi connectivity index (χ1) is 9.97. The van der Waals surface area contributed by atoms with Crippen LogP contribution in [0.2, 0.25) is 0 Å². The summed E-state index contributed by atoms with van der Waals surface area (Å²) in [6, 6.07) is 4.69. The van der Waals surface area contributed by atoms with Crippen LogP contribution >= 0.6 is 0 Å². The third-order valence-electron chi connectivity index (χ3n) is 3.43. The SMILES string of the molecule is COC(=O)c1ccc(N2CC(C(N)=O)CC2=O)cc1OC. The average molecular weight is 292 g/mol. The molecule has 1 fully saturated rings. The van der Waals surface area contributed by atoms with Gasteiger partial charge in [-0.2, -0.15) is 0 Å². The molecule has 1 aromatic carbocycles. The number of carbonyl (C=O) groups is 3. The fourth-order valence-electron chi connectivity index (χ4n) is 2.27. The topological polar surface area (TPSA) is 98.9 Å². The van der Waals surface area contributed by atoms with Crippen LogP contribution in [-0.2, 0) is 14.3 Å².